The van der Waals surface area contributed by atoms with Crippen molar-refractivity contribution >= 4 is 67.0 Å². The second kappa shape index (κ2) is 11.0. The summed E-state index contributed by atoms with van der Waals surface area (Å²) in [5.41, 5.74) is 3.02. The number of ether oxygens (including phenoxy) is 1. The summed E-state index contributed by atoms with van der Waals surface area (Å²) < 4.78 is 33.6. The van der Waals surface area contributed by atoms with E-state index in [2.05, 4.69) is 26.5 Å². The van der Waals surface area contributed by atoms with Crippen LogP contribution in [-0.2, 0) is 14.8 Å². The Morgan fingerprint density at radius 2 is 1.85 bits per heavy atom. The number of hydrogen-bond acceptors (Lipinski definition) is 5. The molecule has 0 aliphatic heterocycles. The van der Waals surface area contributed by atoms with Crippen molar-refractivity contribution < 1.29 is 17.9 Å². The van der Waals surface area contributed by atoms with Crippen molar-refractivity contribution in [3.63, 3.8) is 0 Å². The Kier molecular flexibility index (Phi) is 8.36. The van der Waals surface area contributed by atoms with E-state index in [1.54, 1.807) is 42.5 Å². The summed E-state index contributed by atoms with van der Waals surface area (Å²) in [4.78, 5) is 12.7. The zero-order chi connectivity index (χ0) is 24.0. The van der Waals surface area contributed by atoms with Crippen LogP contribution in [0.3, 0.4) is 0 Å². The summed E-state index contributed by atoms with van der Waals surface area (Å²) in [5, 5.41) is 4.09. The van der Waals surface area contributed by atoms with Gasteiger partial charge < -0.3 is 4.74 Å². The Morgan fingerprint density at radius 1 is 1.12 bits per heavy atom. The van der Waals surface area contributed by atoms with Crippen LogP contribution < -0.4 is 14.5 Å². The van der Waals surface area contributed by atoms with E-state index in [0.29, 0.717) is 11.3 Å². The summed E-state index contributed by atoms with van der Waals surface area (Å²) in [6.07, 6.45) is 1.39. The molecule has 1 amide bonds. The van der Waals surface area contributed by atoms with Crippen LogP contribution in [0.5, 0.6) is 5.75 Å². The minimum Gasteiger partial charge on any atom is -0.496 e. The van der Waals surface area contributed by atoms with Gasteiger partial charge in [-0.2, -0.15) is 5.10 Å². The summed E-state index contributed by atoms with van der Waals surface area (Å²) in [5.74, 6) is -0.133. The highest BCUT2D eigenvalue weighted by Crippen LogP contribution is 2.35. The molecule has 0 spiro atoms. The highest BCUT2D eigenvalue weighted by atomic mass is 79.9. The van der Waals surface area contributed by atoms with E-state index in [1.807, 2.05) is 0 Å². The van der Waals surface area contributed by atoms with Gasteiger partial charge in [0.15, 0.2) is 0 Å². The van der Waals surface area contributed by atoms with Gasteiger partial charge >= 0.3 is 0 Å². The third-order valence-corrected chi connectivity index (χ3v) is 7.48. The zero-order valence-electron chi connectivity index (χ0n) is 17.2. The fourth-order valence-corrected chi connectivity index (χ4v) is 5.13. The summed E-state index contributed by atoms with van der Waals surface area (Å²) in [6.45, 7) is -0.579. The first kappa shape index (κ1) is 25.0. The van der Waals surface area contributed by atoms with Gasteiger partial charge in [-0.25, -0.2) is 13.8 Å². The number of sulfonamides is 1. The number of nitrogens with one attached hydrogen (secondary N) is 1. The molecule has 0 unspecified atom stereocenters. The number of benzene rings is 3. The van der Waals surface area contributed by atoms with Crippen LogP contribution >= 0.6 is 39.1 Å². The van der Waals surface area contributed by atoms with Crippen molar-refractivity contribution in [1.29, 1.82) is 0 Å². The van der Waals surface area contributed by atoms with Crippen LogP contribution in [-0.4, -0.2) is 34.2 Å². The Balaban J connectivity index is 1.89. The first-order valence-electron chi connectivity index (χ1n) is 9.41. The molecule has 0 heterocycles. The van der Waals surface area contributed by atoms with Crippen molar-refractivity contribution in [3.8, 4) is 5.75 Å². The lowest BCUT2D eigenvalue weighted by Gasteiger charge is -2.24. The molecule has 7 nitrogen and oxygen atoms in total. The molecule has 3 rings (SSSR count). The largest absolute Gasteiger partial charge is 0.496 e. The Hall–Kier alpha value is -2.59. The minimum atomic E-state index is -4.13. The number of halogens is 3. The van der Waals surface area contributed by atoms with Crippen molar-refractivity contribution in [2.75, 3.05) is 18.0 Å². The van der Waals surface area contributed by atoms with Crippen molar-refractivity contribution in [3.05, 3.63) is 86.8 Å². The Labute approximate surface area is 210 Å². The highest BCUT2D eigenvalue weighted by molar-refractivity contribution is 9.10. The SMILES string of the molecule is COc1ccc(Br)cc1C=NNC(=O)CN(c1cccc(Cl)c1Cl)S(=O)(=O)c1ccccc1. The van der Waals surface area contributed by atoms with Crippen LogP contribution in [0.1, 0.15) is 5.56 Å². The predicted octanol–water partition coefficient (Wildman–Crippen LogP) is 5.11. The molecule has 0 aromatic heterocycles. The number of carbonyl (C=O) groups is 1. The van der Waals surface area contributed by atoms with E-state index in [-0.39, 0.29) is 20.6 Å². The summed E-state index contributed by atoms with van der Waals surface area (Å²) in [7, 11) is -2.62. The Bertz CT molecular complexity index is 1290. The predicted molar refractivity (Wildman–Crippen MR) is 134 cm³/mol. The lowest BCUT2D eigenvalue weighted by atomic mass is 10.2. The van der Waals surface area contributed by atoms with Crippen LogP contribution in [0.4, 0.5) is 5.69 Å². The molecule has 0 saturated carbocycles. The monoisotopic (exact) mass is 569 g/mol. The molecular weight excluding hydrogens is 553 g/mol. The average Bonchev–Trinajstić information content (AvgIpc) is 2.80. The van der Waals surface area contributed by atoms with Crippen molar-refractivity contribution in [1.82, 2.24) is 5.43 Å². The third-order valence-electron chi connectivity index (χ3n) is 4.40. The molecule has 0 atom stereocenters. The van der Waals surface area contributed by atoms with Crippen LogP contribution in [0.25, 0.3) is 0 Å². The topological polar surface area (TPSA) is 88.1 Å². The molecule has 11 heteroatoms. The van der Waals surface area contributed by atoms with Crippen LogP contribution in [0.2, 0.25) is 10.0 Å². The first-order valence-corrected chi connectivity index (χ1v) is 12.4. The number of methoxy groups -OCH3 is 1. The quantitative estimate of drug-likeness (QED) is 0.301. The van der Waals surface area contributed by atoms with E-state index in [4.69, 9.17) is 27.9 Å². The van der Waals surface area contributed by atoms with Gasteiger partial charge in [0.1, 0.15) is 12.3 Å². The van der Waals surface area contributed by atoms with E-state index < -0.39 is 22.5 Å². The number of carbonyl (C=O) groups excluding carboxylic acids is 1. The van der Waals surface area contributed by atoms with Gasteiger partial charge in [0.2, 0.25) is 0 Å². The molecule has 0 radical (unpaired) electrons. The number of anilines is 1. The molecule has 0 fully saturated rings. The number of amides is 1. The number of rotatable bonds is 8. The number of hydrazone groups is 1. The van der Waals surface area contributed by atoms with Crippen molar-refractivity contribution in [2.24, 2.45) is 5.10 Å². The van der Waals surface area contributed by atoms with Gasteiger partial charge in [0.25, 0.3) is 15.9 Å². The Morgan fingerprint density at radius 3 is 2.55 bits per heavy atom. The van der Waals surface area contributed by atoms with Gasteiger partial charge in [-0.3, -0.25) is 9.10 Å². The molecular formula is C22H18BrCl2N3O4S. The first-order chi connectivity index (χ1) is 15.7. The fourth-order valence-electron chi connectivity index (χ4n) is 2.85. The average molecular weight is 571 g/mol. The zero-order valence-corrected chi connectivity index (χ0v) is 21.1. The second-order valence-electron chi connectivity index (χ2n) is 6.58. The van der Waals surface area contributed by atoms with Gasteiger partial charge in [0, 0.05) is 10.0 Å². The second-order valence-corrected chi connectivity index (χ2v) is 10.1. The maximum Gasteiger partial charge on any atom is 0.264 e. The van der Waals surface area contributed by atoms with Crippen LogP contribution in [0, 0.1) is 0 Å². The summed E-state index contributed by atoms with van der Waals surface area (Å²) >= 11 is 15.7. The minimum absolute atomic E-state index is 0.00350. The van der Waals surface area contributed by atoms with E-state index in [1.165, 1.54) is 37.6 Å². The van der Waals surface area contributed by atoms with E-state index in [0.717, 1.165) is 8.78 Å². The normalized spacial score (nSPS) is 11.4. The summed E-state index contributed by atoms with van der Waals surface area (Å²) in [6, 6.07) is 17.5. The molecule has 0 aliphatic carbocycles. The molecule has 0 bridgehead atoms. The smallest absolute Gasteiger partial charge is 0.264 e. The van der Waals surface area contributed by atoms with Gasteiger partial charge in [-0.05, 0) is 42.5 Å². The molecule has 172 valence electrons. The molecule has 0 saturated heterocycles. The molecule has 3 aromatic carbocycles. The number of hydrogen-bond donors (Lipinski definition) is 1. The highest BCUT2D eigenvalue weighted by Gasteiger charge is 2.29. The molecule has 0 aliphatic rings. The molecule has 33 heavy (non-hydrogen) atoms. The van der Waals surface area contributed by atoms with Gasteiger partial charge in [-0.15, -0.1) is 0 Å². The maximum absolute atomic E-state index is 13.3. The van der Waals surface area contributed by atoms with E-state index >= 15 is 0 Å². The lowest BCUT2D eigenvalue weighted by molar-refractivity contribution is -0.119. The van der Waals surface area contributed by atoms with Crippen LogP contribution in [0.15, 0.2) is 81.2 Å². The van der Waals surface area contributed by atoms with E-state index in [9.17, 15) is 13.2 Å². The maximum atomic E-state index is 13.3. The fraction of sp³-hybridized carbons (Fsp3) is 0.0909. The molecule has 1 N–H and O–H groups in total. The lowest BCUT2D eigenvalue weighted by Crippen LogP contribution is -2.39. The number of nitrogens with zero attached hydrogens (tertiary/aromatic N) is 2. The van der Waals surface area contributed by atoms with Crippen molar-refractivity contribution in [2.45, 2.75) is 4.90 Å². The van der Waals surface area contributed by atoms with Gasteiger partial charge in [0.05, 0.1) is 34.0 Å². The standard InChI is InChI=1S/C22H18BrCl2N3O4S/c1-32-20-11-10-16(23)12-15(20)13-26-27-21(29)14-28(19-9-5-8-18(24)22(19)25)33(30,31)17-6-3-2-4-7-17/h2-13H,14H2,1H3,(H,27,29). The molecule has 3 aromatic rings. The third kappa shape index (κ3) is 6.05. The van der Waals surface area contributed by atoms with Gasteiger partial charge in [-0.1, -0.05) is 63.4 Å².